The van der Waals surface area contributed by atoms with Gasteiger partial charge >= 0.3 is 6.03 Å². The van der Waals surface area contributed by atoms with Gasteiger partial charge in [-0.2, -0.15) is 0 Å². The third kappa shape index (κ3) is 6.35. The minimum atomic E-state index is -0.610. The maximum absolute atomic E-state index is 13.3. The van der Waals surface area contributed by atoms with E-state index in [2.05, 4.69) is 22.2 Å². The molecule has 8 nitrogen and oxygen atoms in total. The lowest BCUT2D eigenvalue weighted by Gasteiger charge is -2.19. The molecule has 0 atom stereocenters. The van der Waals surface area contributed by atoms with E-state index in [-0.39, 0.29) is 23.9 Å². The van der Waals surface area contributed by atoms with E-state index in [1.807, 2.05) is 44.2 Å². The van der Waals surface area contributed by atoms with Gasteiger partial charge in [-0.3, -0.25) is 19.8 Å². The molecule has 0 fully saturated rings. The zero-order valence-electron chi connectivity index (χ0n) is 19.3. The molecule has 0 radical (unpaired) electrons. The van der Waals surface area contributed by atoms with E-state index in [1.54, 1.807) is 25.3 Å². The van der Waals surface area contributed by atoms with Crippen LogP contribution in [-0.4, -0.2) is 42.4 Å². The molecule has 1 aliphatic rings. The van der Waals surface area contributed by atoms with Gasteiger partial charge < -0.3 is 10.1 Å². The van der Waals surface area contributed by atoms with E-state index < -0.39 is 11.9 Å². The fraction of sp³-hybridized carbons (Fsp3) is 0.200. The van der Waals surface area contributed by atoms with Crippen molar-refractivity contribution in [3.05, 3.63) is 77.5 Å². The molecule has 3 rings (SSSR count). The zero-order valence-corrected chi connectivity index (χ0v) is 20.1. The third-order valence-electron chi connectivity index (χ3n) is 4.71. The maximum Gasteiger partial charge on any atom is 0.321 e. The summed E-state index contributed by atoms with van der Waals surface area (Å²) < 4.78 is 5.18. The molecule has 0 aliphatic carbocycles. The minimum Gasteiger partial charge on any atom is -0.497 e. The van der Waals surface area contributed by atoms with Crippen LogP contribution in [0.5, 0.6) is 5.75 Å². The zero-order chi connectivity index (χ0) is 24.7. The van der Waals surface area contributed by atoms with E-state index in [4.69, 9.17) is 4.74 Å². The average molecular weight is 479 g/mol. The van der Waals surface area contributed by atoms with Gasteiger partial charge in [0.1, 0.15) is 11.4 Å². The number of carbonyl (C=O) groups excluding carboxylic acids is 3. The van der Waals surface area contributed by atoms with Crippen molar-refractivity contribution < 1.29 is 19.1 Å². The van der Waals surface area contributed by atoms with Crippen LogP contribution in [0.1, 0.15) is 16.7 Å². The van der Waals surface area contributed by atoms with Crippen molar-refractivity contribution in [2.24, 2.45) is 4.99 Å². The summed E-state index contributed by atoms with van der Waals surface area (Å²) in [5, 5.41) is 5.08. The molecule has 0 aromatic heterocycles. The van der Waals surface area contributed by atoms with Gasteiger partial charge in [-0.05, 0) is 60.9 Å². The number of aryl methyl sites for hydroxylation is 2. The number of rotatable bonds is 7. The molecule has 9 heteroatoms. The van der Waals surface area contributed by atoms with E-state index in [1.165, 1.54) is 11.0 Å². The maximum atomic E-state index is 13.3. The predicted octanol–water partition coefficient (Wildman–Crippen LogP) is 3.80. The van der Waals surface area contributed by atoms with Crippen molar-refractivity contribution in [2.45, 2.75) is 13.8 Å². The average Bonchev–Trinajstić information content (AvgIpc) is 3.11. The number of ether oxygens (including phenoxy) is 1. The number of urea groups is 1. The first-order valence-corrected chi connectivity index (χ1v) is 11.5. The van der Waals surface area contributed by atoms with Crippen molar-refractivity contribution >= 4 is 46.5 Å². The van der Waals surface area contributed by atoms with Gasteiger partial charge in [0.2, 0.25) is 5.91 Å². The first-order chi connectivity index (χ1) is 16.3. The van der Waals surface area contributed by atoms with Crippen molar-refractivity contribution in [2.75, 3.05) is 24.3 Å². The van der Waals surface area contributed by atoms with Crippen LogP contribution in [0.4, 0.5) is 10.5 Å². The fourth-order valence-electron chi connectivity index (χ4n) is 3.26. The van der Waals surface area contributed by atoms with Crippen LogP contribution in [0.15, 0.2) is 65.8 Å². The van der Waals surface area contributed by atoms with Gasteiger partial charge in [-0.15, -0.1) is 6.58 Å². The van der Waals surface area contributed by atoms with Crippen LogP contribution >= 0.6 is 11.8 Å². The molecule has 176 valence electrons. The Morgan fingerprint density at radius 1 is 1.15 bits per heavy atom. The first kappa shape index (κ1) is 24.8. The summed E-state index contributed by atoms with van der Waals surface area (Å²) in [5.74, 6) is -0.188. The Kier molecular flexibility index (Phi) is 8.26. The number of imide groups is 1. The quantitative estimate of drug-likeness (QED) is 0.466. The molecule has 34 heavy (non-hydrogen) atoms. The van der Waals surface area contributed by atoms with Gasteiger partial charge in [0.05, 0.1) is 18.6 Å². The van der Waals surface area contributed by atoms with E-state index in [0.29, 0.717) is 16.6 Å². The normalized spacial score (nSPS) is 14.1. The lowest BCUT2D eigenvalue weighted by atomic mass is 10.1. The second kappa shape index (κ2) is 11.3. The summed E-state index contributed by atoms with van der Waals surface area (Å²) in [6.07, 6.45) is 3.20. The highest BCUT2D eigenvalue weighted by molar-refractivity contribution is 8.14. The molecule has 1 heterocycles. The van der Waals surface area contributed by atoms with E-state index in [9.17, 15) is 14.4 Å². The SMILES string of the molecule is C=CCNC(=O)NC(=O)CSC1=N/C(=C\c2ccc(OC)cc2)C(=O)N1c1cc(C)cc(C)c1. The molecule has 4 amide bonds. The summed E-state index contributed by atoms with van der Waals surface area (Å²) in [5.41, 5.74) is 3.69. The number of amidine groups is 1. The molecule has 2 aromatic carbocycles. The number of hydrogen-bond acceptors (Lipinski definition) is 6. The van der Waals surface area contributed by atoms with Crippen molar-refractivity contribution in [3.63, 3.8) is 0 Å². The van der Waals surface area contributed by atoms with Gasteiger partial charge in [0.15, 0.2) is 5.17 Å². The lowest BCUT2D eigenvalue weighted by Crippen LogP contribution is -2.40. The molecule has 0 saturated heterocycles. The highest BCUT2D eigenvalue weighted by Crippen LogP contribution is 2.31. The summed E-state index contributed by atoms with van der Waals surface area (Å²) in [7, 11) is 1.59. The van der Waals surface area contributed by atoms with Crippen molar-refractivity contribution in [1.29, 1.82) is 0 Å². The Bertz CT molecular complexity index is 1150. The van der Waals surface area contributed by atoms with Gasteiger partial charge in [0.25, 0.3) is 5.91 Å². The second-order valence-corrected chi connectivity index (χ2v) is 8.46. The van der Waals surface area contributed by atoms with Crippen molar-refractivity contribution in [1.82, 2.24) is 10.6 Å². The van der Waals surface area contributed by atoms with E-state index in [0.717, 1.165) is 28.5 Å². The monoisotopic (exact) mass is 478 g/mol. The molecule has 0 spiro atoms. The Labute approximate surface area is 202 Å². The third-order valence-corrected chi connectivity index (χ3v) is 5.64. The van der Waals surface area contributed by atoms with E-state index >= 15 is 0 Å². The number of aliphatic imine (C=N–C) groups is 1. The Morgan fingerprint density at radius 3 is 2.44 bits per heavy atom. The lowest BCUT2D eigenvalue weighted by molar-refractivity contribution is -0.117. The van der Waals surface area contributed by atoms with Crippen molar-refractivity contribution in [3.8, 4) is 5.75 Å². The van der Waals surface area contributed by atoms with Gasteiger partial charge in [0, 0.05) is 6.54 Å². The minimum absolute atomic E-state index is 0.0925. The topological polar surface area (TPSA) is 100 Å². The van der Waals surface area contributed by atoms with Gasteiger partial charge in [-0.25, -0.2) is 9.79 Å². The smallest absolute Gasteiger partial charge is 0.321 e. The summed E-state index contributed by atoms with van der Waals surface area (Å²) in [6, 6.07) is 12.4. The van der Waals surface area contributed by atoms with Crippen LogP contribution in [-0.2, 0) is 9.59 Å². The largest absolute Gasteiger partial charge is 0.497 e. The molecule has 0 bridgehead atoms. The molecule has 0 saturated carbocycles. The Morgan fingerprint density at radius 2 is 1.82 bits per heavy atom. The Hall–Kier alpha value is -3.85. The molecule has 0 unspecified atom stereocenters. The molecule has 2 N–H and O–H groups in total. The molecular weight excluding hydrogens is 452 g/mol. The molecular formula is C25H26N4O4S. The number of hydrogen-bond donors (Lipinski definition) is 2. The molecule has 1 aliphatic heterocycles. The number of thioether (sulfide) groups is 1. The number of nitrogens with one attached hydrogen (secondary N) is 2. The fourth-order valence-corrected chi connectivity index (χ4v) is 4.07. The van der Waals surface area contributed by atoms with Crippen LogP contribution in [0.3, 0.4) is 0 Å². The predicted molar refractivity (Wildman–Crippen MR) is 136 cm³/mol. The number of anilines is 1. The van der Waals surface area contributed by atoms with Gasteiger partial charge in [-0.1, -0.05) is 36.0 Å². The van der Waals surface area contributed by atoms with Crippen LogP contribution < -0.4 is 20.3 Å². The highest BCUT2D eigenvalue weighted by Gasteiger charge is 2.32. The van der Waals surface area contributed by atoms with Crippen LogP contribution in [0.25, 0.3) is 6.08 Å². The standard InChI is InChI=1S/C25H26N4O4S/c1-5-10-26-24(32)28-22(30)15-34-25-27-21(14-18-6-8-20(33-4)9-7-18)23(31)29(25)19-12-16(2)11-17(3)13-19/h5-9,11-14H,1,10,15H2,2-4H3,(H2,26,28,30,32)/b21-14-. The first-order valence-electron chi connectivity index (χ1n) is 10.5. The Balaban J connectivity index is 1.85. The number of carbonyl (C=O) groups is 3. The summed E-state index contributed by atoms with van der Waals surface area (Å²) in [4.78, 5) is 43.3. The number of amides is 4. The number of nitrogens with zero attached hydrogens (tertiary/aromatic N) is 2. The highest BCUT2D eigenvalue weighted by atomic mass is 32.2. The van der Waals surface area contributed by atoms with Crippen LogP contribution in [0, 0.1) is 13.8 Å². The molecule has 2 aromatic rings. The number of methoxy groups -OCH3 is 1. The summed E-state index contributed by atoms with van der Waals surface area (Å²) >= 11 is 1.08. The second-order valence-electron chi connectivity index (χ2n) is 7.52. The summed E-state index contributed by atoms with van der Waals surface area (Å²) in [6.45, 7) is 7.65. The number of benzene rings is 2. The van der Waals surface area contributed by atoms with Crippen LogP contribution in [0.2, 0.25) is 0 Å².